The van der Waals surface area contributed by atoms with Crippen LogP contribution in [0, 0.1) is 5.82 Å². The summed E-state index contributed by atoms with van der Waals surface area (Å²) in [6, 6.07) is 4.41. The van der Waals surface area contributed by atoms with Crippen molar-refractivity contribution in [2.45, 2.75) is 19.3 Å². The van der Waals surface area contributed by atoms with Crippen molar-refractivity contribution in [1.29, 1.82) is 0 Å². The van der Waals surface area contributed by atoms with E-state index in [9.17, 15) is 9.18 Å². The van der Waals surface area contributed by atoms with Gasteiger partial charge >= 0.3 is 0 Å². The molecule has 1 amide bonds. The Balaban J connectivity index is 1.85. The molecule has 3 N–H and O–H groups in total. The standard InChI is InChI=1S/C14H16FN3OS/c15-9-4-5-11-10(8-9)12(16)13(20-11)14(19)17-18-6-2-1-3-7-18/h4-5,8H,1-3,6-7,16H2,(H,17,19). The number of piperidine rings is 1. The van der Waals surface area contributed by atoms with Crippen LogP contribution in [0.5, 0.6) is 0 Å². The van der Waals surface area contributed by atoms with Gasteiger partial charge in [0.15, 0.2) is 0 Å². The minimum Gasteiger partial charge on any atom is -0.397 e. The Labute approximate surface area is 120 Å². The summed E-state index contributed by atoms with van der Waals surface area (Å²) in [6.07, 6.45) is 3.39. The van der Waals surface area contributed by atoms with E-state index in [4.69, 9.17) is 5.73 Å². The van der Waals surface area contributed by atoms with Crippen molar-refractivity contribution in [2.75, 3.05) is 18.8 Å². The van der Waals surface area contributed by atoms with Gasteiger partial charge in [-0.3, -0.25) is 10.2 Å². The topological polar surface area (TPSA) is 58.4 Å². The molecule has 0 spiro atoms. The van der Waals surface area contributed by atoms with Crippen LogP contribution in [-0.4, -0.2) is 24.0 Å². The molecule has 1 aromatic heterocycles. The predicted molar refractivity (Wildman–Crippen MR) is 79.1 cm³/mol. The van der Waals surface area contributed by atoms with E-state index < -0.39 is 0 Å². The van der Waals surface area contributed by atoms with Gasteiger partial charge < -0.3 is 5.73 Å². The highest BCUT2D eigenvalue weighted by Gasteiger charge is 2.19. The molecule has 3 rings (SSSR count). The summed E-state index contributed by atoms with van der Waals surface area (Å²) in [4.78, 5) is 12.7. The van der Waals surface area contributed by atoms with Gasteiger partial charge in [0, 0.05) is 23.2 Å². The lowest BCUT2D eigenvalue weighted by Gasteiger charge is -2.26. The molecule has 20 heavy (non-hydrogen) atoms. The predicted octanol–water partition coefficient (Wildman–Crippen LogP) is 2.75. The molecule has 1 aromatic carbocycles. The molecule has 0 unspecified atom stereocenters. The maximum absolute atomic E-state index is 13.2. The number of nitrogens with one attached hydrogen (secondary N) is 1. The number of nitrogen functional groups attached to an aromatic ring is 1. The first-order valence-electron chi connectivity index (χ1n) is 6.68. The minimum absolute atomic E-state index is 0.203. The number of hydrogen-bond acceptors (Lipinski definition) is 4. The third-order valence-electron chi connectivity index (χ3n) is 3.51. The maximum Gasteiger partial charge on any atom is 0.277 e. The smallest absolute Gasteiger partial charge is 0.277 e. The average molecular weight is 293 g/mol. The lowest BCUT2D eigenvalue weighted by atomic mass is 10.2. The summed E-state index contributed by atoms with van der Waals surface area (Å²) < 4.78 is 14.1. The quantitative estimate of drug-likeness (QED) is 0.895. The molecule has 2 aromatic rings. The fourth-order valence-corrected chi connectivity index (χ4v) is 3.45. The van der Waals surface area contributed by atoms with E-state index in [0.29, 0.717) is 16.0 Å². The number of benzene rings is 1. The van der Waals surface area contributed by atoms with E-state index >= 15 is 0 Å². The zero-order valence-corrected chi connectivity index (χ0v) is 11.8. The van der Waals surface area contributed by atoms with E-state index in [-0.39, 0.29) is 11.7 Å². The Hall–Kier alpha value is -1.66. The van der Waals surface area contributed by atoms with Gasteiger partial charge in [-0.1, -0.05) is 6.42 Å². The highest BCUT2D eigenvalue weighted by Crippen LogP contribution is 2.34. The summed E-state index contributed by atoms with van der Waals surface area (Å²) in [6.45, 7) is 1.73. The van der Waals surface area contributed by atoms with Crippen LogP contribution in [0.15, 0.2) is 18.2 Å². The number of nitrogens with two attached hydrogens (primary N) is 1. The molecule has 2 heterocycles. The molecule has 0 aliphatic carbocycles. The van der Waals surface area contributed by atoms with Crippen LogP contribution in [0.4, 0.5) is 10.1 Å². The summed E-state index contributed by atoms with van der Waals surface area (Å²) in [7, 11) is 0. The second kappa shape index (κ2) is 5.38. The fourth-order valence-electron chi connectivity index (χ4n) is 2.46. The Morgan fingerprint density at radius 3 is 2.80 bits per heavy atom. The van der Waals surface area contributed by atoms with Gasteiger partial charge in [0.05, 0.1) is 5.69 Å². The van der Waals surface area contributed by atoms with Crippen LogP contribution in [0.25, 0.3) is 10.1 Å². The number of thiophene rings is 1. The van der Waals surface area contributed by atoms with Gasteiger partial charge in [-0.05, 0) is 31.0 Å². The molecule has 6 heteroatoms. The van der Waals surface area contributed by atoms with Gasteiger partial charge in [0.2, 0.25) is 0 Å². The summed E-state index contributed by atoms with van der Waals surface area (Å²) >= 11 is 1.30. The Bertz CT molecular complexity index is 649. The first-order chi connectivity index (χ1) is 9.65. The third kappa shape index (κ3) is 2.48. The van der Waals surface area contributed by atoms with Gasteiger partial charge in [-0.2, -0.15) is 0 Å². The van der Waals surface area contributed by atoms with E-state index in [0.717, 1.165) is 30.6 Å². The van der Waals surface area contributed by atoms with Crippen molar-refractivity contribution < 1.29 is 9.18 Å². The van der Waals surface area contributed by atoms with E-state index in [1.165, 1.54) is 29.9 Å². The van der Waals surface area contributed by atoms with E-state index in [1.807, 2.05) is 5.01 Å². The zero-order chi connectivity index (χ0) is 14.1. The number of hydrazine groups is 1. The maximum atomic E-state index is 13.2. The van der Waals surface area contributed by atoms with Gasteiger partial charge in [-0.15, -0.1) is 11.3 Å². The largest absolute Gasteiger partial charge is 0.397 e. The molecule has 106 valence electrons. The molecule has 1 aliphatic rings. The molecular formula is C14H16FN3OS. The number of rotatable bonds is 2. The highest BCUT2D eigenvalue weighted by molar-refractivity contribution is 7.21. The lowest BCUT2D eigenvalue weighted by molar-refractivity contribution is 0.0755. The number of anilines is 1. The Morgan fingerprint density at radius 2 is 2.05 bits per heavy atom. The molecule has 1 saturated heterocycles. The summed E-state index contributed by atoms with van der Waals surface area (Å²) in [5, 5.41) is 2.54. The number of nitrogens with zero attached hydrogens (tertiary/aromatic N) is 1. The Kier molecular flexibility index (Phi) is 3.58. The van der Waals surface area contributed by atoms with Crippen molar-refractivity contribution in [3.63, 3.8) is 0 Å². The zero-order valence-electron chi connectivity index (χ0n) is 11.0. The van der Waals surface area contributed by atoms with Gasteiger partial charge in [0.1, 0.15) is 10.7 Å². The van der Waals surface area contributed by atoms with Crippen LogP contribution in [0.1, 0.15) is 28.9 Å². The highest BCUT2D eigenvalue weighted by atomic mass is 32.1. The van der Waals surface area contributed by atoms with Crippen molar-refractivity contribution in [3.8, 4) is 0 Å². The number of amides is 1. The number of hydrogen-bond donors (Lipinski definition) is 2. The summed E-state index contributed by atoms with van der Waals surface area (Å²) in [5.41, 5.74) is 9.22. The number of halogens is 1. The first-order valence-corrected chi connectivity index (χ1v) is 7.50. The van der Waals surface area contributed by atoms with Crippen molar-refractivity contribution in [1.82, 2.24) is 10.4 Å². The summed E-state index contributed by atoms with van der Waals surface area (Å²) in [5.74, 6) is -0.545. The van der Waals surface area contributed by atoms with Gasteiger partial charge in [-0.25, -0.2) is 9.40 Å². The fraction of sp³-hybridized carbons (Fsp3) is 0.357. The lowest BCUT2D eigenvalue weighted by Crippen LogP contribution is -2.44. The van der Waals surface area contributed by atoms with Crippen molar-refractivity contribution in [2.24, 2.45) is 0 Å². The van der Waals surface area contributed by atoms with Gasteiger partial charge in [0.25, 0.3) is 5.91 Å². The molecule has 4 nitrogen and oxygen atoms in total. The van der Waals surface area contributed by atoms with Crippen molar-refractivity contribution in [3.05, 3.63) is 28.9 Å². The van der Waals surface area contributed by atoms with Crippen LogP contribution < -0.4 is 11.2 Å². The van der Waals surface area contributed by atoms with Crippen LogP contribution in [-0.2, 0) is 0 Å². The molecule has 1 fully saturated rings. The molecule has 0 bridgehead atoms. The molecule has 1 aliphatic heterocycles. The molecule has 0 atom stereocenters. The Morgan fingerprint density at radius 1 is 1.30 bits per heavy atom. The molecule has 0 saturated carbocycles. The molecule has 0 radical (unpaired) electrons. The van der Waals surface area contributed by atoms with Crippen LogP contribution >= 0.6 is 11.3 Å². The van der Waals surface area contributed by atoms with Crippen LogP contribution in [0.3, 0.4) is 0 Å². The van der Waals surface area contributed by atoms with Crippen LogP contribution in [0.2, 0.25) is 0 Å². The third-order valence-corrected chi connectivity index (χ3v) is 4.70. The molecular weight excluding hydrogens is 277 g/mol. The van der Waals surface area contributed by atoms with E-state index in [2.05, 4.69) is 5.43 Å². The number of fused-ring (bicyclic) bond motifs is 1. The van der Waals surface area contributed by atoms with Crippen molar-refractivity contribution >= 4 is 33.0 Å². The average Bonchev–Trinajstić information content (AvgIpc) is 2.77. The first kappa shape index (κ1) is 13.3. The SMILES string of the molecule is Nc1c(C(=O)NN2CCCCC2)sc2ccc(F)cc12. The second-order valence-corrected chi connectivity index (χ2v) is 6.03. The number of carbonyl (C=O) groups is 1. The monoisotopic (exact) mass is 293 g/mol. The normalized spacial score (nSPS) is 16.4. The number of carbonyl (C=O) groups excluding carboxylic acids is 1. The second-order valence-electron chi connectivity index (χ2n) is 4.97. The van der Waals surface area contributed by atoms with E-state index in [1.54, 1.807) is 6.07 Å². The minimum atomic E-state index is -0.343.